The van der Waals surface area contributed by atoms with Gasteiger partial charge in [-0.2, -0.15) is 4.98 Å². The Balaban J connectivity index is 1.78. The minimum absolute atomic E-state index is 0.0403. The first kappa shape index (κ1) is 19.9. The molecular formula is C19H20BrN5O3. The monoisotopic (exact) mass is 445 g/mol. The van der Waals surface area contributed by atoms with E-state index in [0.717, 1.165) is 11.4 Å². The van der Waals surface area contributed by atoms with E-state index in [0.29, 0.717) is 34.8 Å². The first-order valence-electron chi connectivity index (χ1n) is 8.83. The van der Waals surface area contributed by atoms with Crippen LogP contribution in [0, 0.1) is 13.8 Å². The van der Waals surface area contributed by atoms with E-state index >= 15 is 0 Å². The van der Waals surface area contributed by atoms with Crippen LogP contribution in [-0.4, -0.2) is 38.1 Å². The van der Waals surface area contributed by atoms with Gasteiger partial charge in [0.05, 0.1) is 24.3 Å². The number of amides is 1. The molecule has 0 bridgehead atoms. The number of benzene rings is 1. The van der Waals surface area contributed by atoms with Gasteiger partial charge in [0.15, 0.2) is 5.82 Å². The van der Waals surface area contributed by atoms with Gasteiger partial charge in [0.2, 0.25) is 5.91 Å². The van der Waals surface area contributed by atoms with Crippen molar-refractivity contribution in [1.82, 2.24) is 19.6 Å². The maximum atomic E-state index is 12.5. The predicted molar refractivity (Wildman–Crippen MR) is 107 cm³/mol. The quantitative estimate of drug-likeness (QED) is 0.584. The van der Waals surface area contributed by atoms with E-state index in [1.165, 1.54) is 0 Å². The highest BCUT2D eigenvalue weighted by Crippen LogP contribution is 2.22. The molecule has 8 nitrogen and oxygen atoms in total. The molecule has 1 N–H and O–H groups in total. The van der Waals surface area contributed by atoms with Crippen LogP contribution in [0.2, 0.25) is 0 Å². The number of ether oxygens (including phenoxy) is 1. The molecule has 2 aromatic heterocycles. The molecule has 0 aliphatic carbocycles. The highest BCUT2D eigenvalue weighted by atomic mass is 79.9. The third-order valence-corrected chi connectivity index (χ3v) is 4.39. The molecule has 3 rings (SSSR count). The Bertz CT molecular complexity index is 1050. The van der Waals surface area contributed by atoms with E-state index in [1.807, 2.05) is 26.8 Å². The second-order valence-electron chi connectivity index (χ2n) is 6.33. The molecule has 28 heavy (non-hydrogen) atoms. The number of rotatable bonds is 6. The average molecular weight is 446 g/mol. The molecule has 9 heteroatoms. The Kier molecular flexibility index (Phi) is 6.03. The van der Waals surface area contributed by atoms with E-state index in [-0.39, 0.29) is 17.9 Å². The zero-order chi connectivity index (χ0) is 20.3. The van der Waals surface area contributed by atoms with Crippen molar-refractivity contribution in [2.75, 3.05) is 11.9 Å². The fourth-order valence-corrected chi connectivity index (χ4v) is 3.05. The standard InChI is InChI=1S/C19H20BrN5O3/c1-4-7-28-18(27)14-9-13(20)5-6-15(14)22-17(26)10-16-23-19-21-11(2)8-12(3)25(19)24-16/h5-6,8-9H,4,7,10H2,1-3H3,(H,22,26). The molecule has 146 valence electrons. The molecule has 1 amide bonds. The van der Waals surface area contributed by atoms with Gasteiger partial charge in [-0.05, 0) is 44.5 Å². The molecule has 0 aliphatic heterocycles. The number of esters is 1. The first-order chi connectivity index (χ1) is 13.4. The topological polar surface area (TPSA) is 98.5 Å². The van der Waals surface area contributed by atoms with E-state index in [2.05, 4.69) is 36.3 Å². The van der Waals surface area contributed by atoms with Crippen molar-refractivity contribution in [2.24, 2.45) is 0 Å². The summed E-state index contributed by atoms with van der Waals surface area (Å²) in [6.45, 7) is 6.00. The fourth-order valence-electron chi connectivity index (χ4n) is 2.69. The molecule has 0 aliphatic rings. The maximum Gasteiger partial charge on any atom is 0.340 e. The van der Waals surface area contributed by atoms with Gasteiger partial charge < -0.3 is 10.1 Å². The molecular weight excluding hydrogens is 426 g/mol. The minimum Gasteiger partial charge on any atom is -0.462 e. The molecule has 1 aromatic carbocycles. The molecule has 0 atom stereocenters. The van der Waals surface area contributed by atoms with E-state index in [4.69, 9.17) is 4.74 Å². The van der Waals surface area contributed by atoms with Crippen molar-refractivity contribution < 1.29 is 14.3 Å². The zero-order valence-electron chi connectivity index (χ0n) is 15.8. The summed E-state index contributed by atoms with van der Waals surface area (Å²) in [7, 11) is 0. The number of aromatic nitrogens is 4. The minimum atomic E-state index is -0.486. The van der Waals surface area contributed by atoms with Crippen LogP contribution in [0.25, 0.3) is 5.78 Å². The smallest absolute Gasteiger partial charge is 0.340 e. The summed E-state index contributed by atoms with van der Waals surface area (Å²) in [5, 5.41) is 7.07. The summed E-state index contributed by atoms with van der Waals surface area (Å²) in [4.78, 5) is 33.4. The fraction of sp³-hybridized carbons (Fsp3) is 0.316. The third kappa shape index (κ3) is 4.53. The van der Waals surface area contributed by atoms with Gasteiger partial charge in [0, 0.05) is 15.9 Å². The van der Waals surface area contributed by atoms with Crippen molar-refractivity contribution in [3.8, 4) is 0 Å². The lowest BCUT2D eigenvalue weighted by molar-refractivity contribution is -0.115. The first-order valence-corrected chi connectivity index (χ1v) is 9.63. The number of hydrogen-bond acceptors (Lipinski definition) is 6. The summed E-state index contributed by atoms with van der Waals surface area (Å²) in [6, 6.07) is 6.90. The Hall–Kier alpha value is -2.81. The number of hydrogen-bond donors (Lipinski definition) is 1. The predicted octanol–water partition coefficient (Wildman–Crippen LogP) is 3.25. The SMILES string of the molecule is CCCOC(=O)c1cc(Br)ccc1NC(=O)Cc1nc2nc(C)cc(C)n2n1. The Labute approximate surface area is 170 Å². The largest absolute Gasteiger partial charge is 0.462 e. The Morgan fingerprint density at radius 2 is 2.00 bits per heavy atom. The van der Waals surface area contributed by atoms with Crippen LogP contribution in [0.4, 0.5) is 5.69 Å². The number of carbonyl (C=O) groups excluding carboxylic acids is 2. The van der Waals surface area contributed by atoms with Crippen molar-refractivity contribution >= 4 is 39.3 Å². The maximum absolute atomic E-state index is 12.5. The van der Waals surface area contributed by atoms with Crippen LogP contribution >= 0.6 is 15.9 Å². The van der Waals surface area contributed by atoms with Crippen LogP contribution in [0.15, 0.2) is 28.7 Å². The molecule has 0 unspecified atom stereocenters. The summed E-state index contributed by atoms with van der Waals surface area (Å²) < 4.78 is 7.51. The number of carbonyl (C=O) groups is 2. The highest BCUT2D eigenvalue weighted by molar-refractivity contribution is 9.10. The molecule has 0 saturated heterocycles. The van der Waals surface area contributed by atoms with Gasteiger partial charge in [0.25, 0.3) is 5.78 Å². The van der Waals surface area contributed by atoms with Gasteiger partial charge in [-0.3, -0.25) is 4.79 Å². The second-order valence-corrected chi connectivity index (χ2v) is 7.25. The van der Waals surface area contributed by atoms with Gasteiger partial charge in [-0.25, -0.2) is 14.3 Å². The molecule has 0 fully saturated rings. The Morgan fingerprint density at radius 1 is 1.21 bits per heavy atom. The van der Waals surface area contributed by atoms with E-state index in [1.54, 1.807) is 22.7 Å². The summed E-state index contributed by atoms with van der Waals surface area (Å²) in [5.41, 5.74) is 2.38. The highest BCUT2D eigenvalue weighted by Gasteiger charge is 2.17. The number of halogens is 1. The van der Waals surface area contributed by atoms with Crippen LogP contribution < -0.4 is 5.32 Å². The van der Waals surface area contributed by atoms with Gasteiger partial charge in [0.1, 0.15) is 0 Å². The number of nitrogens with one attached hydrogen (secondary N) is 1. The summed E-state index contributed by atoms with van der Waals surface area (Å²) in [6.07, 6.45) is 0.676. The van der Waals surface area contributed by atoms with Crippen LogP contribution in [0.5, 0.6) is 0 Å². The summed E-state index contributed by atoms with van der Waals surface area (Å²) >= 11 is 3.33. The van der Waals surface area contributed by atoms with Gasteiger partial charge in [-0.1, -0.05) is 22.9 Å². The van der Waals surface area contributed by atoms with Crippen molar-refractivity contribution in [2.45, 2.75) is 33.6 Å². The lowest BCUT2D eigenvalue weighted by Gasteiger charge is -2.11. The third-order valence-electron chi connectivity index (χ3n) is 3.89. The second kappa shape index (κ2) is 8.47. The van der Waals surface area contributed by atoms with Crippen LogP contribution in [0.3, 0.4) is 0 Å². The van der Waals surface area contributed by atoms with Crippen LogP contribution in [0.1, 0.15) is 40.9 Å². The number of fused-ring (bicyclic) bond motifs is 1. The zero-order valence-corrected chi connectivity index (χ0v) is 17.4. The van der Waals surface area contributed by atoms with Gasteiger partial charge >= 0.3 is 5.97 Å². The summed E-state index contributed by atoms with van der Waals surface area (Å²) in [5.74, 6) is -0.0181. The average Bonchev–Trinajstić information content (AvgIpc) is 3.03. The Morgan fingerprint density at radius 3 is 2.75 bits per heavy atom. The lowest BCUT2D eigenvalue weighted by atomic mass is 10.1. The van der Waals surface area contributed by atoms with Crippen molar-refractivity contribution in [1.29, 1.82) is 0 Å². The van der Waals surface area contributed by atoms with Crippen molar-refractivity contribution in [3.05, 3.63) is 51.5 Å². The number of aryl methyl sites for hydroxylation is 2. The molecule has 0 radical (unpaired) electrons. The molecule has 2 heterocycles. The van der Waals surface area contributed by atoms with Crippen molar-refractivity contribution in [3.63, 3.8) is 0 Å². The van der Waals surface area contributed by atoms with Crippen LogP contribution in [-0.2, 0) is 16.0 Å². The van der Waals surface area contributed by atoms with E-state index < -0.39 is 5.97 Å². The van der Waals surface area contributed by atoms with E-state index in [9.17, 15) is 9.59 Å². The number of nitrogens with zero attached hydrogens (tertiary/aromatic N) is 4. The lowest BCUT2D eigenvalue weighted by Crippen LogP contribution is -2.18. The molecule has 3 aromatic rings. The number of anilines is 1. The molecule has 0 spiro atoms. The van der Waals surface area contributed by atoms with Gasteiger partial charge in [-0.15, -0.1) is 5.10 Å². The normalized spacial score (nSPS) is 10.9. The molecule has 0 saturated carbocycles.